The van der Waals surface area contributed by atoms with Crippen molar-refractivity contribution in [2.24, 2.45) is 0 Å². The lowest BCUT2D eigenvalue weighted by Gasteiger charge is -2.17. The number of amides is 2. The smallest absolute Gasteiger partial charge is 0.408 e. The lowest BCUT2D eigenvalue weighted by Crippen LogP contribution is -2.49. The van der Waals surface area contributed by atoms with Crippen molar-refractivity contribution in [1.82, 2.24) is 10.0 Å². The summed E-state index contributed by atoms with van der Waals surface area (Å²) in [6, 6.07) is -0.925. The first-order chi connectivity index (χ1) is 9.40. The number of carbonyl (C=O) groups is 2. The first-order valence-corrected chi connectivity index (χ1v) is 8.05. The molecule has 7 nitrogen and oxygen atoms in total. The summed E-state index contributed by atoms with van der Waals surface area (Å²) in [5.74, 6) is -0.727. The SMILES string of the molecule is C=CCOC(=O)NC(CCC)C(=O)NS(=O)(=O)C1CC1. The van der Waals surface area contributed by atoms with Gasteiger partial charge in [-0.25, -0.2) is 13.2 Å². The predicted molar refractivity (Wildman–Crippen MR) is 73.5 cm³/mol. The Balaban J connectivity index is 2.57. The van der Waals surface area contributed by atoms with Crippen LogP contribution in [0.25, 0.3) is 0 Å². The molecule has 0 radical (unpaired) electrons. The molecule has 0 heterocycles. The molecule has 2 N–H and O–H groups in total. The standard InChI is InChI=1S/C12H20N2O5S/c1-3-5-10(13-12(16)19-8-4-2)11(15)14-20(17,18)9-6-7-9/h4,9-10H,2-3,5-8H2,1H3,(H,13,16)(H,14,15). The third-order valence-corrected chi connectivity index (χ3v) is 4.56. The fourth-order valence-electron chi connectivity index (χ4n) is 1.55. The molecule has 1 aliphatic carbocycles. The Morgan fingerprint density at radius 2 is 2.10 bits per heavy atom. The first-order valence-electron chi connectivity index (χ1n) is 6.50. The number of ether oxygens (including phenoxy) is 1. The molecule has 0 saturated heterocycles. The summed E-state index contributed by atoms with van der Waals surface area (Å²) in [5.41, 5.74) is 0. The summed E-state index contributed by atoms with van der Waals surface area (Å²) >= 11 is 0. The lowest BCUT2D eigenvalue weighted by molar-refractivity contribution is -0.121. The zero-order valence-corrected chi connectivity index (χ0v) is 12.2. The van der Waals surface area contributed by atoms with Gasteiger partial charge in [-0.3, -0.25) is 9.52 Å². The number of carbonyl (C=O) groups excluding carboxylic acids is 2. The number of nitrogens with one attached hydrogen (secondary N) is 2. The number of sulfonamides is 1. The van der Waals surface area contributed by atoms with Crippen LogP contribution in [0.1, 0.15) is 32.6 Å². The molecule has 0 bridgehead atoms. The maximum atomic E-state index is 11.9. The van der Waals surface area contributed by atoms with Crippen LogP contribution in [0, 0.1) is 0 Å². The second kappa shape index (κ2) is 7.28. The van der Waals surface area contributed by atoms with Gasteiger partial charge >= 0.3 is 6.09 Å². The van der Waals surface area contributed by atoms with Crippen LogP contribution >= 0.6 is 0 Å². The van der Waals surface area contributed by atoms with Crippen molar-refractivity contribution in [2.75, 3.05) is 6.61 Å². The molecule has 1 aliphatic rings. The van der Waals surface area contributed by atoms with Crippen molar-refractivity contribution in [3.63, 3.8) is 0 Å². The van der Waals surface area contributed by atoms with Crippen LogP contribution in [0.4, 0.5) is 4.79 Å². The van der Waals surface area contributed by atoms with E-state index in [4.69, 9.17) is 4.74 Å². The second-order valence-corrected chi connectivity index (χ2v) is 6.54. The third kappa shape index (κ3) is 5.20. The van der Waals surface area contributed by atoms with Crippen LogP contribution in [0.5, 0.6) is 0 Å². The minimum Gasteiger partial charge on any atom is -0.445 e. The maximum Gasteiger partial charge on any atom is 0.408 e. The zero-order chi connectivity index (χ0) is 15.2. The fourth-order valence-corrected chi connectivity index (χ4v) is 2.90. The molecule has 0 aromatic heterocycles. The first kappa shape index (κ1) is 16.5. The molecule has 0 aromatic carbocycles. The molecule has 20 heavy (non-hydrogen) atoms. The maximum absolute atomic E-state index is 11.9. The minimum absolute atomic E-state index is 0.0205. The summed E-state index contributed by atoms with van der Waals surface area (Å²) in [6.07, 6.45) is 2.69. The van der Waals surface area contributed by atoms with Crippen molar-refractivity contribution in [1.29, 1.82) is 0 Å². The minimum atomic E-state index is -3.61. The fraction of sp³-hybridized carbons (Fsp3) is 0.667. The molecule has 1 fully saturated rings. The Bertz CT molecular complexity index is 470. The van der Waals surface area contributed by atoms with Gasteiger partial charge < -0.3 is 10.1 Å². The Labute approximate surface area is 118 Å². The van der Waals surface area contributed by atoms with Gasteiger partial charge in [0, 0.05) is 0 Å². The van der Waals surface area contributed by atoms with Crippen LogP contribution in [0.15, 0.2) is 12.7 Å². The molecule has 8 heteroatoms. The van der Waals surface area contributed by atoms with E-state index in [2.05, 4.69) is 11.9 Å². The molecule has 1 saturated carbocycles. The average molecular weight is 304 g/mol. The van der Waals surface area contributed by atoms with Gasteiger partial charge in [-0.05, 0) is 19.3 Å². The molecular formula is C12H20N2O5S. The van der Waals surface area contributed by atoms with Crippen molar-refractivity contribution in [3.05, 3.63) is 12.7 Å². The normalized spacial score (nSPS) is 16.1. The molecule has 1 rings (SSSR count). The summed E-state index contributed by atoms with van der Waals surface area (Å²) in [4.78, 5) is 23.3. The van der Waals surface area contributed by atoms with Gasteiger partial charge in [-0.15, -0.1) is 0 Å². The van der Waals surface area contributed by atoms with Gasteiger partial charge in [-0.2, -0.15) is 0 Å². The highest BCUT2D eigenvalue weighted by Gasteiger charge is 2.38. The summed E-state index contributed by atoms with van der Waals surface area (Å²) in [5, 5.41) is 1.86. The van der Waals surface area contributed by atoms with E-state index in [0.29, 0.717) is 25.7 Å². The molecule has 1 unspecified atom stereocenters. The lowest BCUT2D eigenvalue weighted by atomic mass is 10.1. The molecule has 0 aromatic rings. The van der Waals surface area contributed by atoms with Crippen LogP contribution in [-0.4, -0.2) is 38.3 Å². The quantitative estimate of drug-likeness (QED) is 0.642. The van der Waals surface area contributed by atoms with E-state index < -0.39 is 33.3 Å². The van der Waals surface area contributed by atoms with Gasteiger partial charge in [0.05, 0.1) is 5.25 Å². The molecular weight excluding hydrogens is 284 g/mol. The molecule has 0 aliphatic heterocycles. The number of hydrogen-bond acceptors (Lipinski definition) is 5. The van der Waals surface area contributed by atoms with Crippen LogP contribution in [0.3, 0.4) is 0 Å². The third-order valence-electron chi connectivity index (χ3n) is 2.72. The Morgan fingerprint density at radius 3 is 2.60 bits per heavy atom. The highest BCUT2D eigenvalue weighted by atomic mass is 32.2. The number of rotatable bonds is 8. The van der Waals surface area contributed by atoms with Gasteiger partial charge in [0.15, 0.2) is 0 Å². The van der Waals surface area contributed by atoms with Gasteiger partial charge in [0.1, 0.15) is 12.6 Å². The Kier molecular flexibility index (Phi) is 6.00. The largest absolute Gasteiger partial charge is 0.445 e. The molecule has 1 atom stereocenters. The predicted octanol–water partition coefficient (Wildman–Crippen LogP) is 0.676. The molecule has 0 spiro atoms. The topological polar surface area (TPSA) is 102 Å². The summed E-state index contributed by atoms with van der Waals surface area (Å²) in [6.45, 7) is 5.24. The Hall–Kier alpha value is -1.57. The van der Waals surface area contributed by atoms with Crippen molar-refractivity contribution >= 4 is 22.0 Å². The van der Waals surface area contributed by atoms with Crippen LogP contribution in [-0.2, 0) is 19.6 Å². The Morgan fingerprint density at radius 1 is 1.45 bits per heavy atom. The molecule has 114 valence electrons. The van der Waals surface area contributed by atoms with E-state index in [1.165, 1.54) is 6.08 Å². The number of hydrogen-bond donors (Lipinski definition) is 2. The van der Waals surface area contributed by atoms with E-state index in [-0.39, 0.29) is 6.61 Å². The van der Waals surface area contributed by atoms with Crippen molar-refractivity contribution in [3.8, 4) is 0 Å². The highest BCUT2D eigenvalue weighted by molar-refractivity contribution is 7.90. The van der Waals surface area contributed by atoms with Gasteiger partial charge in [0.2, 0.25) is 10.0 Å². The second-order valence-electron chi connectivity index (χ2n) is 4.58. The molecule has 2 amide bonds. The highest BCUT2D eigenvalue weighted by Crippen LogP contribution is 2.27. The van der Waals surface area contributed by atoms with E-state index in [9.17, 15) is 18.0 Å². The average Bonchev–Trinajstić information content (AvgIpc) is 3.19. The monoisotopic (exact) mass is 304 g/mol. The van der Waals surface area contributed by atoms with Crippen molar-refractivity contribution in [2.45, 2.75) is 43.9 Å². The van der Waals surface area contributed by atoms with Crippen LogP contribution in [0.2, 0.25) is 0 Å². The van der Waals surface area contributed by atoms with Crippen molar-refractivity contribution < 1.29 is 22.7 Å². The summed E-state index contributed by atoms with van der Waals surface area (Å²) in [7, 11) is -3.61. The van der Waals surface area contributed by atoms with E-state index in [1.807, 2.05) is 11.6 Å². The van der Waals surface area contributed by atoms with Gasteiger partial charge in [0.25, 0.3) is 5.91 Å². The van der Waals surface area contributed by atoms with E-state index in [1.54, 1.807) is 0 Å². The number of alkyl carbamates (subject to hydrolysis) is 1. The van der Waals surface area contributed by atoms with E-state index in [0.717, 1.165) is 0 Å². The van der Waals surface area contributed by atoms with Gasteiger partial charge in [-0.1, -0.05) is 26.0 Å². The van der Waals surface area contributed by atoms with E-state index >= 15 is 0 Å². The summed E-state index contributed by atoms with van der Waals surface area (Å²) < 4.78 is 30.1. The zero-order valence-electron chi connectivity index (χ0n) is 11.4. The van der Waals surface area contributed by atoms with Crippen LogP contribution < -0.4 is 10.0 Å².